The van der Waals surface area contributed by atoms with Crippen LogP contribution in [0.1, 0.15) is 5.56 Å². The van der Waals surface area contributed by atoms with Crippen LogP contribution in [0.5, 0.6) is 0 Å². The molecule has 0 saturated carbocycles. The zero-order chi connectivity index (χ0) is 12.5. The highest BCUT2D eigenvalue weighted by Crippen LogP contribution is 2.27. The van der Waals surface area contributed by atoms with Crippen molar-refractivity contribution >= 4 is 33.1 Å². The third-order valence-electron chi connectivity index (χ3n) is 2.94. The summed E-state index contributed by atoms with van der Waals surface area (Å²) in [5, 5.41) is 10.9. The lowest BCUT2D eigenvalue weighted by Gasteiger charge is -2.15. The Kier molecular flexibility index (Phi) is 2.68. The monoisotopic (exact) mass is 256 g/mol. The zero-order valence-electron chi connectivity index (χ0n) is 10.2. The van der Waals surface area contributed by atoms with Crippen molar-refractivity contribution in [1.29, 1.82) is 0 Å². The van der Waals surface area contributed by atoms with Gasteiger partial charge in [-0.15, -0.1) is 0 Å². The van der Waals surface area contributed by atoms with Crippen molar-refractivity contribution in [3.63, 3.8) is 0 Å². The number of hydrogen-bond donors (Lipinski definition) is 0. The number of aromatic nitrogens is 3. The zero-order valence-corrected chi connectivity index (χ0v) is 11.0. The molecule has 1 heterocycles. The predicted octanol–water partition coefficient (Wildman–Crippen LogP) is 3.16. The Morgan fingerprint density at radius 1 is 1.06 bits per heavy atom. The molecule has 3 rings (SSSR count). The van der Waals surface area contributed by atoms with E-state index in [1.807, 2.05) is 11.9 Å². The molecule has 0 atom stereocenters. The summed E-state index contributed by atoms with van der Waals surface area (Å²) in [5.41, 5.74) is 2.36. The summed E-state index contributed by atoms with van der Waals surface area (Å²) in [6.07, 6.45) is 0. The van der Waals surface area contributed by atoms with E-state index in [1.165, 1.54) is 27.9 Å². The molecule has 0 saturated heterocycles. The Balaban J connectivity index is 2.06. The summed E-state index contributed by atoms with van der Waals surface area (Å²) >= 11 is 1.29. The van der Waals surface area contributed by atoms with Gasteiger partial charge in [-0.3, -0.25) is 0 Å². The Morgan fingerprint density at radius 3 is 2.61 bits per heavy atom. The maximum atomic E-state index is 3.97. The van der Waals surface area contributed by atoms with Gasteiger partial charge in [-0.2, -0.15) is 0 Å². The number of fused-ring (bicyclic) bond motifs is 1. The van der Waals surface area contributed by atoms with E-state index in [0.29, 0.717) is 0 Å². The maximum absolute atomic E-state index is 3.97. The largest absolute Gasteiger partial charge is 0.318 e. The highest BCUT2D eigenvalue weighted by atomic mass is 32.1. The molecule has 4 nitrogen and oxygen atoms in total. The minimum atomic E-state index is 0.793. The van der Waals surface area contributed by atoms with E-state index >= 15 is 0 Å². The van der Waals surface area contributed by atoms with Crippen molar-refractivity contribution in [3.05, 3.63) is 42.0 Å². The van der Waals surface area contributed by atoms with Gasteiger partial charge in [0.2, 0.25) is 5.13 Å². The molecule has 0 N–H and O–H groups in total. The molecule has 0 fully saturated rings. The summed E-state index contributed by atoms with van der Waals surface area (Å²) in [4.78, 5) is 1.99. The van der Waals surface area contributed by atoms with E-state index in [2.05, 4.69) is 58.1 Å². The van der Waals surface area contributed by atoms with E-state index in [9.17, 15) is 0 Å². The molecule has 0 amide bonds. The number of rotatable bonds is 2. The quantitative estimate of drug-likeness (QED) is 0.706. The van der Waals surface area contributed by atoms with Gasteiger partial charge in [-0.05, 0) is 35.0 Å². The highest BCUT2D eigenvalue weighted by molar-refractivity contribution is 7.09. The number of hydrogen-bond acceptors (Lipinski definition) is 5. The third-order valence-corrected chi connectivity index (χ3v) is 3.62. The third kappa shape index (κ3) is 1.93. The second-order valence-corrected chi connectivity index (χ2v) is 4.95. The molecule has 0 aliphatic carbocycles. The summed E-state index contributed by atoms with van der Waals surface area (Å²) in [6.45, 7) is 2.10. The fourth-order valence-electron chi connectivity index (χ4n) is 1.93. The Bertz CT molecular complexity index is 679. The second-order valence-electron chi connectivity index (χ2n) is 4.24. The molecule has 0 unspecified atom stereocenters. The molecular formula is C13H12N4S. The molecule has 0 bridgehead atoms. The Hall–Kier alpha value is -2.01. The lowest BCUT2D eigenvalue weighted by atomic mass is 10.1. The summed E-state index contributed by atoms with van der Waals surface area (Å²) < 4.78 is 3.78. The van der Waals surface area contributed by atoms with Crippen LogP contribution >= 0.6 is 11.5 Å². The van der Waals surface area contributed by atoms with Crippen molar-refractivity contribution in [2.45, 2.75) is 6.92 Å². The molecule has 0 radical (unpaired) electrons. The first-order valence-electron chi connectivity index (χ1n) is 5.63. The summed E-state index contributed by atoms with van der Waals surface area (Å²) in [5.74, 6) is 0. The van der Waals surface area contributed by atoms with Gasteiger partial charge in [-0.25, -0.2) is 0 Å². The summed E-state index contributed by atoms with van der Waals surface area (Å²) in [7, 11) is 1.97. The van der Waals surface area contributed by atoms with E-state index in [0.717, 1.165) is 10.8 Å². The molecule has 0 aliphatic rings. The van der Waals surface area contributed by atoms with Gasteiger partial charge < -0.3 is 4.90 Å². The minimum absolute atomic E-state index is 0.793. The first-order chi connectivity index (χ1) is 8.74. The number of nitrogens with zero attached hydrogens (tertiary/aromatic N) is 4. The van der Waals surface area contributed by atoms with Gasteiger partial charge in [-0.1, -0.05) is 39.4 Å². The smallest absolute Gasteiger partial charge is 0.232 e. The average Bonchev–Trinajstić information content (AvgIpc) is 2.91. The van der Waals surface area contributed by atoms with Gasteiger partial charge in [0, 0.05) is 24.3 Å². The van der Waals surface area contributed by atoms with Crippen LogP contribution in [0.25, 0.3) is 10.8 Å². The Labute approximate surface area is 109 Å². The topological polar surface area (TPSA) is 41.9 Å². The molecule has 5 heteroatoms. The van der Waals surface area contributed by atoms with E-state index < -0.39 is 0 Å². The van der Waals surface area contributed by atoms with Crippen molar-refractivity contribution in [3.8, 4) is 0 Å². The number of benzene rings is 2. The molecular weight excluding hydrogens is 244 g/mol. The lowest BCUT2D eigenvalue weighted by Crippen LogP contribution is -2.08. The van der Waals surface area contributed by atoms with Crippen molar-refractivity contribution < 1.29 is 0 Å². The molecule has 0 aliphatic heterocycles. The van der Waals surface area contributed by atoms with E-state index in [4.69, 9.17) is 0 Å². The SMILES string of the molecule is Cc1ccc2cc(N(C)c3nnns3)ccc2c1. The van der Waals surface area contributed by atoms with Crippen molar-refractivity contribution in [1.82, 2.24) is 14.8 Å². The minimum Gasteiger partial charge on any atom is -0.318 e. The Morgan fingerprint density at radius 2 is 1.83 bits per heavy atom. The molecule has 90 valence electrons. The first-order valence-corrected chi connectivity index (χ1v) is 6.40. The summed E-state index contributed by atoms with van der Waals surface area (Å²) in [6, 6.07) is 12.8. The van der Waals surface area contributed by atoms with Crippen molar-refractivity contribution in [2.75, 3.05) is 11.9 Å². The average molecular weight is 256 g/mol. The van der Waals surface area contributed by atoms with Gasteiger partial charge in [0.05, 0.1) is 0 Å². The highest BCUT2D eigenvalue weighted by Gasteiger charge is 2.08. The molecule has 2 aromatic carbocycles. The molecule has 18 heavy (non-hydrogen) atoms. The van der Waals surface area contributed by atoms with Crippen LogP contribution in [0.15, 0.2) is 36.4 Å². The fourth-order valence-corrected chi connectivity index (χ4v) is 2.38. The van der Waals surface area contributed by atoms with Gasteiger partial charge in [0.1, 0.15) is 0 Å². The first kappa shape index (κ1) is 11.1. The van der Waals surface area contributed by atoms with Gasteiger partial charge >= 0.3 is 0 Å². The molecule has 3 aromatic rings. The fraction of sp³-hybridized carbons (Fsp3) is 0.154. The van der Waals surface area contributed by atoms with Crippen LogP contribution in [-0.4, -0.2) is 21.8 Å². The van der Waals surface area contributed by atoms with Crippen LogP contribution in [-0.2, 0) is 0 Å². The van der Waals surface area contributed by atoms with Crippen LogP contribution in [0.4, 0.5) is 10.8 Å². The van der Waals surface area contributed by atoms with E-state index in [-0.39, 0.29) is 0 Å². The van der Waals surface area contributed by atoms with Crippen LogP contribution < -0.4 is 4.90 Å². The molecule has 1 aromatic heterocycles. The van der Waals surface area contributed by atoms with Crippen LogP contribution in [0.3, 0.4) is 0 Å². The number of aryl methyl sites for hydroxylation is 1. The van der Waals surface area contributed by atoms with Gasteiger partial charge in [0.15, 0.2) is 0 Å². The standard InChI is InChI=1S/C13H12N4S/c1-9-3-4-11-8-12(6-5-10(11)7-9)17(2)13-14-15-16-18-13/h3-8H,1-2H3. The van der Waals surface area contributed by atoms with Gasteiger partial charge in [0.25, 0.3) is 0 Å². The molecule has 0 spiro atoms. The van der Waals surface area contributed by atoms with E-state index in [1.54, 1.807) is 0 Å². The van der Waals surface area contributed by atoms with Crippen LogP contribution in [0, 0.1) is 6.92 Å². The number of anilines is 2. The second kappa shape index (κ2) is 4.34. The predicted molar refractivity (Wildman–Crippen MR) is 74.5 cm³/mol. The van der Waals surface area contributed by atoms with Crippen LogP contribution in [0.2, 0.25) is 0 Å². The maximum Gasteiger partial charge on any atom is 0.232 e. The normalized spacial score (nSPS) is 10.8. The van der Waals surface area contributed by atoms with Crippen molar-refractivity contribution in [2.24, 2.45) is 0 Å². The lowest BCUT2D eigenvalue weighted by molar-refractivity contribution is 0.944.